The molecular weight excluding hydrogens is 454 g/mol. The molecule has 1 atom stereocenters. The van der Waals surface area contributed by atoms with E-state index < -0.39 is 35.7 Å². The van der Waals surface area contributed by atoms with Gasteiger partial charge in [0, 0.05) is 33.1 Å². The Kier molecular flexibility index (Phi) is 6.71. The van der Waals surface area contributed by atoms with Crippen LogP contribution in [-0.2, 0) is 16.0 Å². The third-order valence-electron chi connectivity index (χ3n) is 5.78. The van der Waals surface area contributed by atoms with Crippen LogP contribution < -0.4 is 20.9 Å². The van der Waals surface area contributed by atoms with Crippen molar-refractivity contribution in [1.29, 1.82) is 0 Å². The molecule has 0 radical (unpaired) electrons. The number of piperidine rings is 1. The van der Waals surface area contributed by atoms with Crippen LogP contribution in [0.1, 0.15) is 45.5 Å². The van der Waals surface area contributed by atoms with Gasteiger partial charge in [-0.25, -0.2) is 14.8 Å². The first kappa shape index (κ1) is 23.8. The first-order chi connectivity index (χ1) is 16.7. The van der Waals surface area contributed by atoms with Crippen LogP contribution in [-0.4, -0.2) is 71.2 Å². The van der Waals surface area contributed by atoms with Gasteiger partial charge in [0.2, 0.25) is 11.8 Å². The maximum Gasteiger partial charge on any atom is 0.320 e. The molecule has 2 aliphatic heterocycles. The summed E-state index contributed by atoms with van der Waals surface area (Å²) >= 11 is 0. The number of aromatic nitrogens is 2. The molecule has 2 aromatic rings. The van der Waals surface area contributed by atoms with Gasteiger partial charge < -0.3 is 10.2 Å². The van der Waals surface area contributed by atoms with E-state index in [4.69, 9.17) is 0 Å². The predicted octanol–water partition coefficient (Wildman–Crippen LogP) is 0.698. The molecule has 0 bridgehead atoms. The van der Waals surface area contributed by atoms with Crippen molar-refractivity contribution >= 4 is 41.3 Å². The molecule has 3 N–H and O–H groups in total. The lowest BCUT2D eigenvalue weighted by molar-refractivity contribution is -0.136. The number of nitrogens with one attached hydrogen (secondary N) is 3. The number of hydrogen-bond donors (Lipinski definition) is 3. The molecule has 12 nitrogen and oxygen atoms in total. The molecule has 1 aromatic heterocycles. The standard InChI is InChI=1S/C23H25N7O5/c1-29(2)18-11-17(25-12-26-18)27-23(35)24-9-3-4-13-5-6-14-15(10-13)22(34)30(21(14)33)16-7-8-19(31)28-20(16)32/h5-6,10-12,16H,3-4,7-9H2,1-2H3,(H,28,31,32)(H2,24,25,26,27,35). The number of anilines is 2. The lowest BCUT2D eigenvalue weighted by Crippen LogP contribution is -2.54. The number of carbonyl (C=O) groups excluding carboxylic acids is 5. The van der Waals surface area contributed by atoms with Crippen molar-refractivity contribution < 1.29 is 24.0 Å². The summed E-state index contributed by atoms with van der Waals surface area (Å²) < 4.78 is 0. The maximum atomic E-state index is 12.9. The molecule has 1 aromatic carbocycles. The average molecular weight is 479 g/mol. The van der Waals surface area contributed by atoms with E-state index in [-0.39, 0.29) is 24.0 Å². The molecule has 6 amide bonds. The van der Waals surface area contributed by atoms with Crippen molar-refractivity contribution in [3.8, 4) is 0 Å². The monoisotopic (exact) mass is 479 g/mol. The number of nitrogens with zero attached hydrogens (tertiary/aromatic N) is 4. The van der Waals surface area contributed by atoms with Gasteiger partial charge in [0.1, 0.15) is 24.0 Å². The Balaban J connectivity index is 1.30. The van der Waals surface area contributed by atoms with Crippen LogP contribution >= 0.6 is 0 Å². The molecule has 0 spiro atoms. The Bertz CT molecular complexity index is 1210. The highest BCUT2D eigenvalue weighted by Gasteiger charge is 2.44. The molecule has 1 fully saturated rings. The summed E-state index contributed by atoms with van der Waals surface area (Å²) in [6.07, 6.45) is 2.71. The first-order valence-corrected chi connectivity index (χ1v) is 11.1. The number of benzene rings is 1. The van der Waals surface area contributed by atoms with Gasteiger partial charge in [-0.3, -0.25) is 34.7 Å². The van der Waals surface area contributed by atoms with Crippen LogP contribution in [0.4, 0.5) is 16.4 Å². The largest absolute Gasteiger partial charge is 0.363 e. The molecule has 1 saturated heterocycles. The van der Waals surface area contributed by atoms with E-state index in [0.717, 1.165) is 10.5 Å². The number of carbonyl (C=O) groups is 5. The van der Waals surface area contributed by atoms with Crippen molar-refractivity contribution in [1.82, 2.24) is 25.5 Å². The van der Waals surface area contributed by atoms with E-state index in [1.54, 1.807) is 29.2 Å². The summed E-state index contributed by atoms with van der Waals surface area (Å²) in [5.41, 5.74) is 1.30. The van der Waals surface area contributed by atoms with Crippen LogP contribution in [0.2, 0.25) is 0 Å². The summed E-state index contributed by atoms with van der Waals surface area (Å²) in [5, 5.41) is 7.58. The van der Waals surface area contributed by atoms with Crippen molar-refractivity contribution in [2.24, 2.45) is 0 Å². The number of amides is 6. The smallest absolute Gasteiger partial charge is 0.320 e. The summed E-state index contributed by atoms with van der Waals surface area (Å²) in [4.78, 5) is 72.2. The minimum Gasteiger partial charge on any atom is -0.363 e. The van der Waals surface area contributed by atoms with Gasteiger partial charge in [0.05, 0.1) is 11.1 Å². The number of urea groups is 1. The molecule has 1 unspecified atom stereocenters. The van der Waals surface area contributed by atoms with E-state index in [9.17, 15) is 24.0 Å². The van der Waals surface area contributed by atoms with E-state index in [0.29, 0.717) is 31.0 Å². The Morgan fingerprint density at radius 2 is 1.89 bits per heavy atom. The Morgan fingerprint density at radius 1 is 1.11 bits per heavy atom. The molecule has 12 heteroatoms. The molecule has 2 aliphatic rings. The zero-order chi connectivity index (χ0) is 25.1. The summed E-state index contributed by atoms with van der Waals surface area (Å²) in [5.74, 6) is -1.09. The van der Waals surface area contributed by atoms with Crippen LogP contribution in [0, 0.1) is 0 Å². The summed E-state index contributed by atoms with van der Waals surface area (Å²) in [6.45, 7) is 0.379. The minimum absolute atomic E-state index is 0.0731. The maximum absolute atomic E-state index is 12.9. The van der Waals surface area contributed by atoms with E-state index >= 15 is 0 Å². The number of hydrogen-bond acceptors (Lipinski definition) is 8. The van der Waals surface area contributed by atoms with Gasteiger partial charge in [-0.05, 0) is 37.0 Å². The number of fused-ring (bicyclic) bond motifs is 1. The van der Waals surface area contributed by atoms with Gasteiger partial charge in [0.15, 0.2) is 0 Å². The highest BCUT2D eigenvalue weighted by Crippen LogP contribution is 2.28. The molecular formula is C23H25N7O5. The second-order valence-corrected chi connectivity index (χ2v) is 8.47. The van der Waals surface area contributed by atoms with Gasteiger partial charge in [-0.2, -0.15) is 0 Å². The van der Waals surface area contributed by atoms with E-state index in [1.165, 1.54) is 6.33 Å². The molecule has 4 rings (SSSR count). The zero-order valence-corrected chi connectivity index (χ0v) is 19.3. The van der Waals surface area contributed by atoms with Crippen LogP contribution in [0.5, 0.6) is 0 Å². The predicted molar refractivity (Wildman–Crippen MR) is 125 cm³/mol. The Hall–Kier alpha value is -4.35. The highest BCUT2D eigenvalue weighted by atomic mass is 16.2. The third kappa shape index (κ3) is 5.10. The Morgan fingerprint density at radius 3 is 2.63 bits per heavy atom. The number of aryl methyl sites for hydroxylation is 1. The zero-order valence-electron chi connectivity index (χ0n) is 19.3. The number of rotatable bonds is 7. The lowest BCUT2D eigenvalue weighted by Gasteiger charge is -2.27. The lowest BCUT2D eigenvalue weighted by atomic mass is 10.0. The molecule has 182 valence electrons. The third-order valence-corrected chi connectivity index (χ3v) is 5.78. The molecule has 3 heterocycles. The van der Waals surface area contributed by atoms with Gasteiger partial charge >= 0.3 is 6.03 Å². The summed E-state index contributed by atoms with van der Waals surface area (Å²) in [7, 11) is 3.67. The van der Waals surface area contributed by atoms with Gasteiger partial charge in [-0.15, -0.1) is 0 Å². The molecule has 35 heavy (non-hydrogen) atoms. The quantitative estimate of drug-likeness (QED) is 0.387. The summed E-state index contributed by atoms with van der Waals surface area (Å²) in [6, 6.07) is 5.24. The first-order valence-electron chi connectivity index (χ1n) is 11.1. The van der Waals surface area contributed by atoms with Crippen LogP contribution in [0.15, 0.2) is 30.6 Å². The second kappa shape index (κ2) is 9.87. The van der Waals surface area contributed by atoms with Crippen LogP contribution in [0.25, 0.3) is 0 Å². The van der Waals surface area contributed by atoms with E-state index in [1.807, 2.05) is 14.1 Å². The van der Waals surface area contributed by atoms with Crippen molar-refractivity contribution in [2.75, 3.05) is 30.9 Å². The van der Waals surface area contributed by atoms with Crippen molar-refractivity contribution in [3.63, 3.8) is 0 Å². The number of imide groups is 2. The van der Waals surface area contributed by atoms with Gasteiger partial charge in [0.25, 0.3) is 11.8 Å². The Labute approximate surface area is 201 Å². The fourth-order valence-corrected chi connectivity index (χ4v) is 3.99. The fraction of sp³-hybridized carbons (Fsp3) is 0.348. The highest BCUT2D eigenvalue weighted by molar-refractivity contribution is 6.23. The topological polar surface area (TPSA) is 154 Å². The second-order valence-electron chi connectivity index (χ2n) is 8.47. The van der Waals surface area contributed by atoms with E-state index in [2.05, 4.69) is 25.9 Å². The van der Waals surface area contributed by atoms with Crippen molar-refractivity contribution in [3.05, 3.63) is 47.3 Å². The molecule has 0 aliphatic carbocycles. The van der Waals surface area contributed by atoms with Crippen molar-refractivity contribution in [2.45, 2.75) is 31.7 Å². The van der Waals surface area contributed by atoms with Crippen LogP contribution in [0.3, 0.4) is 0 Å². The van der Waals surface area contributed by atoms with Gasteiger partial charge in [-0.1, -0.05) is 6.07 Å². The minimum atomic E-state index is -0.991. The molecule has 0 saturated carbocycles. The fourth-order valence-electron chi connectivity index (χ4n) is 3.99. The SMILES string of the molecule is CN(C)c1cc(NC(=O)NCCCc2ccc3c(c2)C(=O)N(C2CCC(=O)NC2=O)C3=O)ncn1. The average Bonchev–Trinajstić information content (AvgIpc) is 3.06. The normalized spacial score (nSPS) is 17.2.